The van der Waals surface area contributed by atoms with Crippen LogP contribution < -0.4 is 5.73 Å². The van der Waals surface area contributed by atoms with Gasteiger partial charge in [-0.3, -0.25) is 4.90 Å². The van der Waals surface area contributed by atoms with Gasteiger partial charge >= 0.3 is 0 Å². The summed E-state index contributed by atoms with van der Waals surface area (Å²) in [5.41, 5.74) is 7.51. The van der Waals surface area contributed by atoms with Gasteiger partial charge in [-0.2, -0.15) is 0 Å². The van der Waals surface area contributed by atoms with E-state index in [0.717, 1.165) is 6.54 Å². The predicted molar refractivity (Wildman–Crippen MR) is 92.7 cm³/mol. The Hall–Kier alpha value is -1.16. The smallest absolute Gasteiger partial charge is 0.0334 e. The van der Waals surface area contributed by atoms with Gasteiger partial charge in [-0.15, -0.1) is 11.3 Å². The van der Waals surface area contributed by atoms with Crippen molar-refractivity contribution in [3.8, 4) is 0 Å². The highest BCUT2D eigenvalue weighted by Gasteiger charge is 2.26. The largest absolute Gasteiger partial charge is 0.329 e. The van der Waals surface area contributed by atoms with Crippen LogP contribution in [-0.2, 0) is 6.54 Å². The first-order valence-electron chi connectivity index (χ1n) is 7.66. The second kappa shape index (κ2) is 7.74. The molecule has 21 heavy (non-hydrogen) atoms. The molecule has 0 saturated carbocycles. The van der Waals surface area contributed by atoms with Gasteiger partial charge in [0, 0.05) is 30.1 Å². The van der Waals surface area contributed by atoms with Gasteiger partial charge in [-0.25, -0.2) is 0 Å². The number of rotatable bonds is 7. The summed E-state index contributed by atoms with van der Waals surface area (Å²) in [6.45, 7) is 8.46. The molecule has 2 rings (SSSR count). The molecule has 2 N–H and O–H groups in total. The van der Waals surface area contributed by atoms with E-state index in [-0.39, 0.29) is 0 Å². The van der Waals surface area contributed by atoms with Gasteiger partial charge in [0.2, 0.25) is 0 Å². The predicted octanol–water partition coefficient (Wildman–Crippen LogP) is 4.09. The lowest BCUT2D eigenvalue weighted by Crippen LogP contribution is -2.46. The van der Waals surface area contributed by atoms with Gasteiger partial charge in [-0.1, -0.05) is 43.3 Å². The highest BCUT2D eigenvalue weighted by Crippen LogP contribution is 2.26. The monoisotopic (exact) mass is 302 g/mol. The van der Waals surface area contributed by atoms with E-state index in [0.29, 0.717) is 24.5 Å². The molecule has 0 amide bonds. The molecule has 2 aromatic rings. The van der Waals surface area contributed by atoms with E-state index < -0.39 is 0 Å². The van der Waals surface area contributed by atoms with E-state index in [1.165, 1.54) is 10.4 Å². The molecule has 1 aromatic heterocycles. The molecule has 0 bridgehead atoms. The van der Waals surface area contributed by atoms with E-state index in [4.69, 9.17) is 5.73 Å². The zero-order valence-electron chi connectivity index (χ0n) is 13.2. The SMILES string of the molecule is CC(c1ccccc1)C(CN)N(Cc1cccs1)C(C)C. The zero-order chi connectivity index (χ0) is 15.2. The summed E-state index contributed by atoms with van der Waals surface area (Å²) in [5.74, 6) is 0.429. The molecule has 2 atom stereocenters. The van der Waals surface area contributed by atoms with Gasteiger partial charge in [0.05, 0.1) is 0 Å². The maximum Gasteiger partial charge on any atom is 0.0334 e. The average molecular weight is 302 g/mol. The standard InChI is InChI=1S/C18H26N2S/c1-14(2)20(13-17-10-7-11-21-17)18(12-19)15(3)16-8-5-4-6-9-16/h4-11,14-15,18H,12-13,19H2,1-3H3. The number of nitrogens with zero attached hydrogens (tertiary/aromatic N) is 1. The van der Waals surface area contributed by atoms with Crippen LogP contribution in [-0.4, -0.2) is 23.5 Å². The second-order valence-electron chi connectivity index (χ2n) is 5.85. The van der Waals surface area contributed by atoms with Crippen LogP contribution in [0.15, 0.2) is 47.8 Å². The zero-order valence-corrected chi connectivity index (χ0v) is 14.0. The summed E-state index contributed by atoms with van der Waals surface area (Å²) in [7, 11) is 0. The number of hydrogen-bond acceptors (Lipinski definition) is 3. The molecule has 0 fully saturated rings. The van der Waals surface area contributed by atoms with Crippen molar-refractivity contribution < 1.29 is 0 Å². The van der Waals surface area contributed by atoms with Gasteiger partial charge in [0.1, 0.15) is 0 Å². The maximum absolute atomic E-state index is 6.14. The van der Waals surface area contributed by atoms with Crippen molar-refractivity contribution in [2.75, 3.05) is 6.54 Å². The molecule has 3 heteroatoms. The molecule has 114 valence electrons. The van der Waals surface area contributed by atoms with Crippen LogP contribution in [0.4, 0.5) is 0 Å². The van der Waals surface area contributed by atoms with E-state index in [1.807, 2.05) is 11.3 Å². The van der Waals surface area contributed by atoms with Crippen molar-refractivity contribution in [2.24, 2.45) is 5.73 Å². The fourth-order valence-electron chi connectivity index (χ4n) is 2.87. The summed E-state index contributed by atoms with van der Waals surface area (Å²) in [4.78, 5) is 3.94. The Balaban J connectivity index is 2.19. The Morgan fingerprint density at radius 1 is 1.05 bits per heavy atom. The first-order valence-corrected chi connectivity index (χ1v) is 8.54. The minimum absolute atomic E-state index is 0.356. The normalized spacial score (nSPS) is 14.6. The first kappa shape index (κ1) is 16.2. The minimum atomic E-state index is 0.356. The third-order valence-electron chi connectivity index (χ3n) is 4.15. The van der Waals surface area contributed by atoms with E-state index in [9.17, 15) is 0 Å². The van der Waals surface area contributed by atoms with Crippen molar-refractivity contribution in [3.05, 3.63) is 58.3 Å². The van der Waals surface area contributed by atoms with Crippen LogP contribution in [0.3, 0.4) is 0 Å². The van der Waals surface area contributed by atoms with Crippen LogP contribution in [0.1, 0.15) is 37.1 Å². The molecule has 0 spiro atoms. The number of nitrogens with two attached hydrogens (primary N) is 1. The van der Waals surface area contributed by atoms with E-state index in [1.54, 1.807) is 0 Å². The molecule has 2 nitrogen and oxygen atoms in total. The van der Waals surface area contributed by atoms with Crippen LogP contribution in [0.25, 0.3) is 0 Å². The third kappa shape index (κ3) is 4.16. The van der Waals surface area contributed by atoms with Crippen LogP contribution in [0.5, 0.6) is 0 Å². The quantitative estimate of drug-likeness (QED) is 0.834. The van der Waals surface area contributed by atoms with Crippen molar-refractivity contribution in [1.29, 1.82) is 0 Å². The Labute approximate surface area is 132 Å². The lowest BCUT2D eigenvalue weighted by molar-refractivity contribution is 0.131. The molecule has 0 aliphatic rings. The highest BCUT2D eigenvalue weighted by molar-refractivity contribution is 7.09. The fraction of sp³-hybridized carbons (Fsp3) is 0.444. The van der Waals surface area contributed by atoms with Gasteiger partial charge in [0.15, 0.2) is 0 Å². The second-order valence-corrected chi connectivity index (χ2v) is 6.88. The summed E-state index contributed by atoms with van der Waals surface area (Å²) in [5, 5.41) is 2.14. The molecule has 0 aliphatic carbocycles. The van der Waals surface area contributed by atoms with Crippen LogP contribution in [0.2, 0.25) is 0 Å². The maximum atomic E-state index is 6.14. The number of hydrogen-bond donors (Lipinski definition) is 1. The van der Waals surface area contributed by atoms with Gasteiger partial charge < -0.3 is 5.73 Å². The van der Waals surface area contributed by atoms with Crippen LogP contribution >= 0.6 is 11.3 Å². The molecule has 1 aromatic carbocycles. The highest BCUT2D eigenvalue weighted by atomic mass is 32.1. The summed E-state index contributed by atoms with van der Waals surface area (Å²) >= 11 is 1.82. The molecular weight excluding hydrogens is 276 g/mol. The number of benzene rings is 1. The topological polar surface area (TPSA) is 29.3 Å². The molecule has 0 aliphatic heterocycles. The van der Waals surface area contributed by atoms with Crippen molar-refractivity contribution in [3.63, 3.8) is 0 Å². The lowest BCUT2D eigenvalue weighted by Gasteiger charge is -2.38. The van der Waals surface area contributed by atoms with Gasteiger partial charge in [0.25, 0.3) is 0 Å². The molecule has 0 saturated heterocycles. The first-order chi connectivity index (χ1) is 10.1. The average Bonchev–Trinajstić information content (AvgIpc) is 3.00. The summed E-state index contributed by atoms with van der Waals surface area (Å²) < 4.78 is 0. The van der Waals surface area contributed by atoms with E-state index >= 15 is 0 Å². The summed E-state index contributed by atoms with van der Waals surface area (Å²) in [6.07, 6.45) is 0. The fourth-order valence-corrected chi connectivity index (χ4v) is 3.58. The van der Waals surface area contributed by atoms with Crippen molar-refractivity contribution in [1.82, 2.24) is 4.90 Å². The number of thiophene rings is 1. The Bertz CT molecular complexity index is 507. The third-order valence-corrected chi connectivity index (χ3v) is 5.01. The van der Waals surface area contributed by atoms with Crippen LogP contribution in [0, 0.1) is 0 Å². The lowest BCUT2D eigenvalue weighted by atomic mass is 9.91. The Morgan fingerprint density at radius 2 is 1.76 bits per heavy atom. The minimum Gasteiger partial charge on any atom is -0.329 e. The summed E-state index contributed by atoms with van der Waals surface area (Å²) in [6, 6.07) is 15.9. The Morgan fingerprint density at radius 3 is 2.29 bits per heavy atom. The van der Waals surface area contributed by atoms with Gasteiger partial charge in [-0.05, 0) is 36.8 Å². The molecular formula is C18H26N2S. The van der Waals surface area contributed by atoms with E-state index in [2.05, 4.69) is 73.5 Å². The van der Waals surface area contributed by atoms with Crippen molar-refractivity contribution >= 4 is 11.3 Å². The van der Waals surface area contributed by atoms with Crippen molar-refractivity contribution in [2.45, 2.75) is 45.3 Å². The molecule has 0 radical (unpaired) electrons. The molecule has 1 heterocycles. The molecule has 2 unspecified atom stereocenters. The Kier molecular flexibility index (Phi) is 5.97.